The predicted octanol–water partition coefficient (Wildman–Crippen LogP) is 6.04. The van der Waals surface area contributed by atoms with Gasteiger partial charge in [-0.25, -0.2) is 4.57 Å². The van der Waals surface area contributed by atoms with Crippen LogP contribution in [0, 0.1) is 6.92 Å². The zero-order chi connectivity index (χ0) is 36.4. The molecule has 0 atom stereocenters. The van der Waals surface area contributed by atoms with Crippen LogP contribution in [0.5, 0.6) is 0 Å². The lowest BCUT2D eigenvalue weighted by Crippen LogP contribution is -2.41. The number of thioether (sulfide) groups is 1. The van der Waals surface area contributed by atoms with Gasteiger partial charge >= 0.3 is 5.78 Å². The molecular formula is C40H40N5O4S3+. The van der Waals surface area contributed by atoms with E-state index in [-0.39, 0.29) is 11.3 Å². The second-order valence-corrected chi connectivity index (χ2v) is 16.2. The average Bonchev–Trinajstić information content (AvgIpc) is 3.81. The summed E-state index contributed by atoms with van der Waals surface area (Å²) in [5.41, 5.74) is 7.07. The Hall–Kier alpha value is -4.75. The molecule has 0 fully saturated rings. The third kappa shape index (κ3) is 7.16. The minimum Gasteiger partial charge on any atom is -0.335 e. The molecule has 0 spiro atoms. The summed E-state index contributed by atoms with van der Waals surface area (Å²) in [5, 5.41) is 1.05. The smallest absolute Gasteiger partial charge is 0.335 e. The number of benzene rings is 3. The quantitative estimate of drug-likeness (QED) is 0.0980. The van der Waals surface area contributed by atoms with Gasteiger partial charge in [-0.1, -0.05) is 89.5 Å². The van der Waals surface area contributed by atoms with Gasteiger partial charge in [-0.15, -0.1) is 11.3 Å². The Kier molecular flexibility index (Phi) is 10.3. The van der Waals surface area contributed by atoms with E-state index in [0.717, 1.165) is 61.3 Å². The monoisotopic (exact) mass is 750 g/mol. The number of thiazole rings is 1. The van der Waals surface area contributed by atoms with Crippen LogP contribution in [-0.4, -0.2) is 44.1 Å². The maximum absolute atomic E-state index is 13.9. The lowest BCUT2D eigenvalue weighted by atomic mass is 10.1. The Morgan fingerprint density at radius 1 is 0.885 bits per heavy atom. The van der Waals surface area contributed by atoms with Crippen LogP contribution in [-0.2, 0) is 23.2 Å². The molecule has 6 aromatic rings. The number of hydrogen-bond donors (Lipinski definition) is 1. The Morgan fingerprint density at radius 3 is 2.27 bits per heavy atom. The van der Waals surface area contributed by atoms with Crippen molar-refractivity contribution in [3.63, 3.8) is 0 Å². The third-order valence-corrected chi connectivity index (χ3v) is 12.2. The van der Waals surface area contributed by atoms with Crippen LogP contribution in [0.2, 0.25) is 0 Å². The standard InChI is InChI=1S/C40H39N5O4S3/c1-4-42-35(51-38(30-18-10-7-11-19-30)37(42)29-16-8-6-9-17-29)23-22-34-39(46)43(5-2)36(50-34)27-31-26-28(3)45-33-21-13-12-20-32(33)41-40(45)44(31)24-14-15-25-52(47,48)49/h6-13,16-23,26-27H,4-5,14-15,24-25H2,1-3H3/p+1/b34-22+,35-23+. The zero-order valence-corrected chi connectivity index (χ0v) is 31.7. The first-order valence-corrected chi connectivity index (χ1v) is 20.6. The largest absolute Gasteiger partial charge is 0.404 e. The summed E-state index contributed by atoms with van der Waals surface area (Å²) in [4.78, 5) is 22.3. The molecule has 0 bridgehead atoms. The van der Waals surface area contributed by atoms with E-state index >= 15 is 0 Å². The summed E-state index contributed by atoms with van der Waals surface area (Å²) in [6.45, 7) is 7.90. The van der Waals surface area contributed by atoms with Gasteiger partial charge in [0.1, 0.15) is 15.9 Å². The molecule has 0 aliphatic carbocycles. The highest BCUT2D eigenvalue weighted by molar-refractivity contribution is 8.12. The third-order valence-electron chi connectivity index (χ3n) is 9.10. The van der Waals surface area contributed by atoms with E-state index < -0.39 is 10.1 Å². The highest BCUT2D eigenvalue weighted by Gasteiger charge is 2.29. The Balaban J connectivity index is 1.32. The van der Waals surface area contributed by atoms with E-state index in [2.05, 4.69) is 81.5 Å². The summed E-state index contributed by atoms with van der Waals surface area (Å²) in [6.07, 6.45) is 6.85. The van der Waals surface area contributed by atoms with Gasteiger partial charge in [-0.3, -0.25) is 13.9 Å². The van der Waals surface area contributed by atoms with Crippen LogP contribution < -0.4 is 19.3 Å². The fraction of sp³-hybridized carbons (Fsp3) is 0.225. The molecule has 266 valence electrons. The molecule has 3 aromatic carbocycles. The van der Waals surface area contributed by atoms with Gasteiger partial charge in [-0.2, -0.15) is 12.8 Å². The van der Waals surface area contributed by atoms with E-state index in [9.17, 15) is 17.8 Å². The topological polar surface area (TPSA) is 101 Å². The van der Waals surface area contributed by atoms with Crippen LogP contribution in [0.15, 0.2) is 107 Å². The van der Waals surface area contributed by atoms with Crippen LogP contribution in [0.4, 0.5) is 0 Å². The van der Waals surface area contributed by atoms with E-state index in [4.69, 9.17) is 4.98 Å². The first-order valence-electron chi connectivity index (χ1n) is 17.4. The van der Waals surface area contributed by atoms with Crippen molar-refractivity contribution in [2.45, 2.75) is 46.7 Å². The van der Waals surface area contributed by atoms with Crippen molar-refractivity contribution in [1.29, 1.82) is 0 Å². The van der Waals surface area contributed by atoms with Crippen LogP contribution in [0.1, 0.15) is 49.2 Å². The lowest BCUT2D eigenvalue weighted by Gasteiger charge is -2.21. The number of nitrogens with zero attached hydrogens (tertiary/aromatic N) is 5. The Morgan fingerprint density at radius 2 is 1.58 bits per heavy atom. The number of fused-ring (bicyclic) bond motifs is 3. The second-order valence-electron chi connectivity index (χ2n) is 12.5. The molecular weight excluding hydrogens is 711 g/mol. The normalized spacial score (nSPS) is 15.3. The summed E-state index contributed by atoms with van der Waals surface area (Å²) < 4.78 is 39.6. The van der Waals surface area contributed by atoms with Crippen molar-refractivity contribution in [2.75, 3.05) is 12.3 Å². The number of rotatable bonds is 11. The molecule has 4 heterocycles. The van der Waals surface area contributed by atoms with Crippen LogP contribution in [0.25, 0.3) is 39.6 Å². The SMILES string of the molecule is CCN1C(c2ccccc2)=C(c2ccccc2)S/C1=C/C=c1/s/c(=C\c2cc(C)n3c4ccccc4nc3[n+]2CCCCS(=O)(=O)O)n(CC)c1=O. The fourth-order valence-corrected chi connectivity index (χ4v) is 9.58. The number of unbranched alkanes of at least 4 members (excludes halogenated alkanes) is 1. The number of aromatic nitrogens is 4. The molecule has 0 saturated heterocycles. The van der Waals surface area contributed by atoms with E-state index in [1.807, 2.05) is 62.4 Å². The highest BCUT2D eigenvalue weighted by Crippen LogP contribution is 2.50. The van der Waals surface area contributed by atoms with Gasteiger partial charge in [0.05, 0.1) is 33.2 Å². The summed E-state index contributed by atoms with van der Waals surface area (Å²) in [7, 11) is -4.06. The number of hydrogen-bond acceptors (Lipinski definition) is 7. The number of aryl methyl sites for hydroxylation is 2. The van der Waals surface area contributed by atoms with Crippen LogP contribution >= 0.6 is 23.1 Å². The summed E-state index contributed by atoms with van der Waals surface area (Å²) in [5.74, 6) is 0.426. The van der Waals surface area contributed by atoms with E-state index in [0.29, 0.717) is 30.5 Å². The summed E-state index contributed by atoms with van der Waals surface area (Å²) >= 11 is 3.17. The predicted molar refractivity (Wildman–Crippen MR) is 213 cm³/mol. The molecule has 0 radical (unpaired) electrons. The number of imidazole rings is 1. The molecule has 7 rings (SSSR count). The number of para-hydroxylation sites is 2. The minimum absolute atomic E-state index is 0.0507. The zero-order valence-electron chi connectivity index (χ0n) is 29.3. The number of allylic oxidation sites excluding steroid dienone is 1. The highest BCUT2D eigenvalue weighted by atomic mass is 32.2. The van der Waals surface area contributed by atoms with Crippen molar-refractivity contribution in [3.05, 3.63) is 144 Å². The van der Waals surface area contributed by atoms with Crippen molar-refractivity contribution in [1.82, 2.24) is 18.9 Å². The first-order chi connectivity index (χ1) is 25.2. The van der Waals surface area contributed by atoms with E-state index in [1.165, 1.54) is 16.2 Å². The molecule has 9 nitrogen and oxygen atoms in total. The molecule has 3 aromatic heterocycles. The maximum atomic E-state index is 13.9. The molecule has 52 heavy (non-hydrogen) atoms. The molecule has 0 amide bonds. The molecule has 0 unspecified atom stereocenters. The maximum Gasteiger partial charge on any atom is 0.404 e. The van der Waals surface area contributed by atoms with Crippen molar-refractivity contribution < 1.29 is 17.5 Å². The van der Waals surface area contributed by atoms with Gasteiger partial charge in [0, 0.05) is 30.1 Å². The Bertz CT molecular complexity index is 2640. The Labute approximate surface area is 311 Å². The van der Waals surface area contributed by atoms with Gasteiger partial charge < -0.3 is 4.90 Å². The van der Waals surface area contributed by atoms with Crippen molar-refractivity contribution in [2.24, 2.45) is 0 Å². The van der Waals surface area contributed by atoms with Crippen molar-refractivity contribution >= 4 is 72.8 Å². The molecule has 1 N–H and O–H groups in total. The fourth-order valence-electron chi connectivity index (χ4n) is 6.69. The van der Waals surface area contributed by atoms with Gasteiger partial charge in [-0.05, 0) is 69.0 Å². The lowest BCUT2D eigenvalue weighted by molar-refractivity contribution is -0.678. The van der Waals surface area contributed by atoms with Gasteiger partial charge in [0.25, 0.3) is 15.7 Å². The second kappa shape index (κ2) is 15.1. The minimum atomic E-state index is -4.06. The average molecular weight is 751 g/mol. The molecule has 12 heteroatoms. The molecule has 1 aliphatic rings. The first kappa shape index (κ1) is 35.6. The molecule has 0 saturated carbocycles. The molecule has 1 aliphatic heterocycles. The summed E-state index contributed by atoms with van der Waals surface area (Å²) in [6, 6.07) is 30.9. The van der Waals surface area contributed by atoms with Crippen LogP contribution in [0.3, 0.4) is 0 Å². The van der Waals surface area contributed by atoms with Gasteiger partial charge in [0.15, 0.2) is 5.52 Å². The van der Waals surface area contributed by atoms with Gasteiger partial charge in [0.2, 0.25) is 0 Å². The van der Waals surface area contributed by atoms with E-state index in [1.54, 1.807) is 16.3 Å². The van der Waals surface area contributed by atoms with Crippen molar-refractivity contribution in [3.8, 4) is 0 Å².